The van der Waals surface area contributed by atoms with Crippen molar-refractivity contribution in [1.82, 2.24) is 5.32 Å². The number of nitrogens with two attached hydrogens (primary N) is 1. The van der Waals surface area contributed by atoms with Crippen LogP contribution >= 0.6 is 0 Å². The van der Waals surface area contributed by atoms with Crippen molar-refractivity contribution in [3.05, 3.63) is 0 Å². The summed E-state index contributed by atoms with van der Waals surface area (Å²) in [7, 11) is 0. The highest BCUT2D eigenvalue weighted by Gasteiger charge is 2.28. The molecule has 0 aromatic heterocycles. The first-order valence-corrected chi connectivity index (χ1v) is 8.25. The molecule has 2 aliphatic rings. The van der Waals surface area contributed by atoms with Crippen LogP contribution in [0.15, 0.2) is 4.99 Å². The summed E-state index contributed by atoms with van der Waals surface area (Å²) in [4.78, 5) is 4.57. The molecule has 0 radical (unpaired) electrons. The first-order valence-electron chi connectivity index (χ1n) is 8.25. The van der Waals surface area contributed by atoms with Gasteiger partial charge in [0.1, 0.15) is 0 Å². The number of rotatable bonds is 3. The topological polar surface area (TPSA) is 59.6 Å². The number of nitrogens with zero attached hydrogens (tertiary/aromatic N) is 1. The van der Waals surface area contributed by atoms with Gasteiger partial charge in [0, 0.05) is 19.2 Å². The Kier molecular flexibility index (Phi) is 5.70. The van der Waals surface area contributed by atoms with Crippen LogP contribution in [0, 0.1) is 5.92 Å². The van der Waals surface area contributed by atoms with Crippen molar-refractivity contribution in [1.29, 1.82) is 0 Å². The fourth-order valence-corrected chi connectivity index (χ4v) is 3.42. The van der Waals surface area contributed by atoms with E-state index in [1.165, 1.54) is 38.5 Å². The molecule has 3 N–H and O–H groups in total. The molecule has 1 saturated heterocycles. The van der Waals surface area contributed by atoms with Crippen LogP contribution < -0.4 is 11.1 Å². The van der Waals surface area contributed by atoms with E-state index in [4.69, 9.17) is 10.5 Å². The van der Waals surface area contributed by atoms with Crippen molar-refractivity contribution in [3.8, 4) is 0 Å². The molecule has 1 heterocycles. The molecule has 1 unspecified atom stereocenters. The summed E-state index contributed by atoms with van der Waals surface area (Å²) in [5.74, 6) is 1.24. The van der Waals surface area contributed by atoms with Gasteiger partial charge >= 0.3 is 0 Å². The molecule has 1 saturated carbocycles. The highest BCUT2D eigenvalue weighted by molar-refractivity contribution is 5.78. The highest BCUT2D eigenvalue weighted by Crippen LogP contribution is 2.28. The van der Waals surface area contributed by atoms with Crippen molar-refractivity contribution < 1.29 is 4.74 Å². The van der Waals surface area contributed by atoms with Gasteiger partial charge in [0.25, 0.3) is 0 Å². The second-order valence-electron chi connectivity index (χ2n) is 7.03. The first-order chi connectivity index (χ1) is 9.55. The average Bonchev–Trinajstić information content (AvgIpc) is 2.64. The largest absolute Gasteiger partial charge is 0.376 e. The summed E-state index contributed by atoms with van der Waals surface area (Å²) in [6.45, 7) is 6.01. The van der Waals surface area contributed by atoms with Gasteiger partial charge in [-0.15, -0.1) is 0 Å². The molecule has 0 bridgehead atoms. The van der Waals surface area contributed by atoms with E-state index in [2.05, 4.69) is 24.2 Å². The lowest BCUT2D eigenvalue weighted by Gasteiger charge is -2.34. The van der Waals surface area contributed by atoms with Crippen molar-refractivity contribution in [2.24, 2.45) is 16.6 Å². The lowest BCUT2D eigenvalue weighted by atomic mass is 9.88. The Morgan fingerprint density at radius 3 is 2.55 bits per heavy atom. The van der Waals surface area contributed by atoms with Crippen LogP contribution in [0.25, 0.3) is 0 Å². The molecule has 4 nitrogen and oxygen atoms in total. The number of hydrogen-bond donors (Lipinski definition) is 2. The highest BCUT2D eigenvalue weighted by atomic mass is 16.5. The van der Waals surface area contributed by atoms with Crippen molar-refractivity contribution in [2.45, 2.75) is 76.9 Å². The Labute approximate surface area is 123 Å². The second kappa shape index (κ2) is 7.30. The molecule has 2 rings (SSSR count). The van der Waals surface area contributed by atoms with Crippen LogP contribution in [0.4, 0.5) is 0 Å². The zero-order chi connectivity index (χ0) is 14.4. The minimum absolute atomic E-state index is 0.00190. The smallest absolute Gasteiger partial charge is 0.188 e. The summed E-state index contributed by atoms with van der Waals surface area (Å²) >= 11 is 0. The van der Waals surface area contributed by atoms with Gasteiger partial charge in [-0.3, -0.25) is 4.99 Å². The second-order valence-corrected chi connectivity index (χ2v) is 7.03. The average molecular weight is 281 g/mol. The maximum Gasteiger partial charge on any atom is 0.188 e. The lowest BCUT2D eigenvalue weighted by molar-refractivity contribution is -0.0705. The fraction of sp³-hybridized carbons (Fsp3) is 0.938. The van der Waals surface area contributed by atoms with Crippen LogP contribution in [0.5, 0.6) is 0 Å². The van der Waals surface area contributed by atoms with Crippen molar-refractivity contribution in [3.63, 3.8) is 0 Å². The zero-order valence-corrected chi connectivity index (χ0v) is 13.2. The Hall–Kier alpha value is -0.770. The molecule has 2 fully saturated rings. The predicted octanol–water partition coefficient (Wildman–Crippen LogP) is 2.82. The quantitative estimate of drug-likeness (QED) is 0.475. The van der Waals surface area contributed by atoms with Crippen LogP contribution in [-0.4, -0.2) is 30.8 Å². The summed E-state index contributed by atoms with van der Waals surface area (Å²) < 4.78 is 5.74. The van der Waals surface area contributed by atoms with E-state index in [0.717, 1.165) is 26.0 Å². The van der Waals surface area contributed by atoms with Crippen molar-refractivity contribution in [2.75, 3.05) is 13.2 Å². The fourth-order valence-electron chi connectivity index (χ4n) is 3.42. The van der Waals surface area contributed by atoms with Gasteiger partial charge in [-0.05, 0) is 45.4 Å². The molecule has 0 spiro atoms. The predicted molar refractivity (Wildman–Crippen MR) is 83.9 cm³/mol. The van der Waals surface area contributed by atoms with E-state index in [9.17, 15) is 0 Å². The maximum atomic E-state index is 6.05. The molecule has 0 amide bonds. The van der Waals surface area contributed by atoms with Gasteiger partial charge in [-0.1, -0.05) is 25.7 Å². The van der Waals surface area contributed by atoms with Gasteiger partial charge in [-0.25, -0.2) is 0 Å². The summed E-state index contributed by atoms with van der Waals surface area (Å²) in [6.07, 6.45) is 10.0. The Morgan fingerprint density at radius 2 is 1.90 bits per heavy atom. The SMILES string of the molecule is CC1(C)CC(CN=C(N)NC2CCCCCC2)CCO1. The lowest BCUT2D eigenvalue weighted by Crippen LogP contribution is -2.40. The standard InChI is InChI=1S/C16H31N3O/c1-16(2)11-13(9-10-20-16)12-18-15(17)19-14-7-5-3-4-6-8-14/h13-14H,3-12H2,1-2H3,(H3,17,18,19). The van der Waals surface area contributed by atoms with Gasteiger partial charge in [-0.2, -0.15) is 0 Å². The van der Waals surface area contributed by atoms with Crippen LogP contribution in [-0.2, 0) is 4.74 Å². The molecule has 0 aromatic rings. The molecule has 20 heavy (non-hydrogen) atoms. The molecular formula is C16H31N3O. The van der Waals surface area contributed by atoms with E-state index in [0.29, 0.717) is 17.9 Å². The molecular weight excluding hydrogens is 250 g/mol. The van der Waals surface area contributed by atoms with E-state index in [-0.39, 0.29) is 5.60 Å². The van der Waals surface area contributed by atoms with E-state index in [1.54, 1.807) is 0 Å². The van der Waals surface area contributed by atoms with Crippen LogP contribution in [0.2, 0.25) is 0 Å². The van der Waals surface area contributed by atoms with Crippen molar-refractivity contribution >= 4 is 5.96 Å². The van der Waals surface area contributed by atoms with E-state index >= 15 is 0 Å². The van der Waals surface area contributed by atoms with Gasteiger partial charge in [0.05, 0.1) is 5.60 Å². The molecule has 1 atom stereocenters. The van der Waals surface area contributed by atoms with Crippen LogP contribution in [0.3, 0.4) is 0 Å². The normalized spacial score (nSPS) is 28.9. The van der Waals surface area contributed by atoms with Gasteiger partial charge in [0.2, 0.25) is 0 Å². The van der Waals surface area contributed by atoms with Gasteiger partial charge < -0.3 is 15.8 Å². The number of aliphatic imine (C=N–C) groups is 1. The zero-order valence-electron chi connectivity index (χ0n) is 13.2. The minimum atomic E-state index is 0.00190. The molecule has 116 valence electrons. The van der Waals surface area contributed by atoms with E-state index < -0.39 is 0 Å². The molecule has 1 aliphatic heterocycles. The summed E-state index contributed by atoms with van der Waals surface area (Å²) in [5.41, 5.74) is 6.05. The Morgan fingerprint density at radius 1 is 1.20 bits per heavy atom. The van der Waals surface area contributed by atoms with E-state index in [1.807, 2.05) is 0 Å². The third-order valence-electron chi connectivity index (χ3n) is 4.53. The molecule has 1 aliphatic carbocycles. The maximum absolute atomic E-state index is 6.05. The number of hydrogen-bond acceptors (Lipinski definition) is 2. The Bertz CT molecular complexity index is 320. The third-order valence-corrected chi connectivity index (χ3v) is 4.53. The first kappa shape index (κ1) is 15.6. The number of guanidine groups is 1. The Balaban J connectivity index is 1.75. The van der Waals surface area contributed by atoms with Crippen LogP contribution in [0.1, 0.15) is 65.2 Å². The summed E-state index contributed by atoms with van der Waals surface area (Å²) in [6, 6.07) is 0.535. The minimum Gasteiger partial charge on any atom is -0.376 e. The molecule has 4 heteroatoms. The number of ether oxygens (including phenoxy) is 1. The molecule has 0 aromatic carbocycles. The summed E-state index contributed by atoms with van der Waals surface area (Å²) in [5, 5.41) is 3.42. The third kappa shape index (κ3) is 5.31. The number of nitrogens with one attached hydrogen (secondary N) is 1. The van der Waals surface area contributed by atoms with Gasteiger partial charge in [0.15, 0.2) is 5.96 Å². The monoisotopic (exact) mass is 281 g/mol.